The van der Waals surface area contributed by atoms with E-state index in [-0.39, 0.29) is 5.75 Å². The average molecular weight is 399 g/mol. The molecule has 0 aliphatic carbocycles. The van der Waals surface area contributed by atoms with E-state index in [1.54, 1.807) is 14.2 Å². The van der Waals surface area contributed by atoms with Crippen LogP contribution >= 0.6 is 0 Å². The minimum absolute atomic E-state index is 0.0532. The van der Waals surface area contributed by atoms with Crippen LogP contribution in [0, 0.1) is 0 Å². The quantitative estimate of drug-likeness (QED) is 0.440. The molecular weight excluding hydrogens is 364 g/mol. The largest absolute Gasteiger partial charge is 0.497 e. The summed E-state index contributed by atoms with van der Waals surface area (Å²) in [6.45, 7) is 7.93. The third-order valence-electron chi connectivity index (χ3n) is 4.53. The summed E-state index contributed by atoms with van der Waals surface area (Å²) in [4.78, 5) is 4.15. The highest BCUT2D eigenvalue weighted by atomic mass is 32.2. The molecule has 0 radical (unpaired) electrons. The van der Waals surface area contributed by atoms with Gasteiger partial charge in [-0.05, 0) is 30.0 Å². The number of guanidine groups is 1. The van der Waals surface area contributed by atoms with Crippen molar-refractivity contribution in [2.24, 2.45) is 4.99 Å². The first-order chi connectivity index (χ1) is 12.9. The van der Waals surface area contributed by atoms with Crippen molar-refractivity contribution in [3.63, 3.8) is 0 Å². The van der Waals surface area contributed by atoms with Gasteiger partial charge in [0.25, 0.3) is 0 Å². The second kappa shape index (κ2) is 11.8. The zero-order valence-electron chi connectivity index (χ0n) is 17.2. The van der Waals surface area contributed by atoms with Crippen LogP contribution < -0.4 is 15.4 Å². The van der Waals surface area contributed by atoms with Crippen molar-refractivity contribution in [2.75, 3.05) is 46.1 Å². The number of ether oxygens (including phenoxy) is 1. The van der Waals surface area contributed by atoms with Gasteiger partial charge in [-0.3, -0.25) is 4.99 Å². The summed E-state index contributed by atoms with van der Waals surface area (Å²) in [7, 11) is 0.118. The predicted octanol–water partition coefficient (Wildman–Crippen LogP) is 2.03. The maximum Gasteiger partial charge on any atom is 0.215 e. The van der Waals surface area contributed by atoms with Gasteiger partial charge in [0, 0.05) is 33.2 Å². The lowest BCUT2D eigenvalue weighted by molar-refractivity contribution is 0.414. The Labute approximate surface area is 164 Å². The van der Waals surface area contributed by atoms with Crippen LogP contribution in [0.2, 0.25) is 0 Å². The Hall–Kier alpha value is -1.80. The highest BCUT2D eigenvalue weighted by molar-refractivity contribution is 7.89. The Balaban J connectivity index is 2.39. The Morgan fingerprint density at radius 1 is 1.15 bits per heavy atom. The minimum atomic E-state index is -3.22. The molecule has 1 aromatic rings. The Morgan fingerprint density at radius 2 is 1.74 bits per heavy atom. The second-order valence-electron chi connectivity index (χ2n) is 6.29. The number of nitrogens with one attached hydrogen (secondary N) is 2. The molecule has 7 nitrogen and oxygen atoms in total. The molecule has 0 aliphatic rings. The standard InChI is InChI=1S/C19H34N4O3S/c1-6-23(7-2)27(24,25)15-14-22-19(20-4)21-13-12-16(3)17-8-10-18(26-5)11-9-17/h8-11,16H,6-7,12-15H2,1-5H3,(H2,20,21,22). The summed E-state index contributed by atoms with van der Waals surface area (Å²) in [6, 6.07) is 8.09. The van der Waals surface area contributed by atoms with E-state index in [4.69, 9.17) is 4.74 Å². The molecule has 0 spiro atoms. The van der Waals surface area contributed by atoms with Crippen LogP contribution in [0.1, 0.15) is 38.7 Å². The fraction of sp³-hybridized carbons (Fsp3) is 0.632. The van der Waals surface area contributed by atoms with Gasteiger partial charge in [0.2, 0.25) is 10.0 Å². The summed E-state index contributed by atoms with van der Waals surface area (Å²) >= 11 is 0. The molecule has 8 heteroatoms. The van der Waals surface area contributed by atoms with Gasteiger partial charge in [-0.25, -0.2) is 12.7 Å². The van der Waals surface area contributed by atoms with Crippen molar-refractivity contribution in [3.8, 4) is 5.75 Å². The molecule has 154 valence electrons. The maximum absolute atomic E-state index is 12.2. The van der Waals surface area contributed by atoms with Gasteiger partial charge in [0.15, 0.2) is 5.96 Å². The lowest BCUT2D eigenvalue weighted by Gasteiger charge is -2.19. The monoisotopic (exact) mass is 398 g/mol. The SMILES string of the molecule is CCN(CC)S(=O)(=O)CCNC(=NC)NCCC(C)c1ccc(OC)cc1. The van der Waals surface area contributed by atoms with E-state index in [1.807, 2.05) is 26.0 Å². The van der Waals surface area contributed by atoms with Crippen molar-refractivity contribution in [2.45, 2.75) is 33.1 Å². The smallest absolute Gasteiger partial charge is 0.215 e. The molecule has 0 fully saturated rings. The van der Waals surface area contributed by atoms with Gasteiger partial charge in [-0.2, -0.15) is 0 Å². The summed E-state index contributed by atoms with van der Waals surface area (Å²) in [5, 5.41) is 6.32. The first kappa shape index (κ1) is 23.2. The van der Waals surface area contributed by atoms with Crippen molar-refractivity contribution in [3.05, 3.63) is 29.8 Å². The number of hydrogen-bond donors (Lipinski definition) is 2. The van der Waals surface area contributed by atoms with Crippen LogP contribution in [-0.4, -0.2) is 64.8 Å². The number of benzene rings is 1. The van der Waals surface area contributed by atoms with E-state index in [9.17, 15) is 8.42 Å². The minimum Gasteiger partial charge on any atom is -0.497 e. The lowest BCUT2D eigenvalue weighted by Crippen LogP contribution is -2.42. The van der Waals surface area contributed by atoms with Gasteiger partial charge in [-0.1, -0.05) is 32.9 Å². The molecule has 0 heterocycles. The molecule has 1 unspecified atom stereocenters. The summed E-state index contributed by atoms with van der Waals surface area (Å²) in [6.07, 6.45) is 0.935. The fourth-order valence-electron chi connectivity index (χ4n) is 2.77. The van der Waals surface area contributed by atoms with Gasteiger partial charge in [0.05, 0.1) is 12.9 Å². The van der Waals surface area contributed by atoms with Gasteiger partial charge < -0.3 is 15.4 Å². The van der Waals surface area contributed by atoms with E-state index >= 15 is 0 Å². The van der Waals surface area contributed by atoms with E-state index in [2.05, 4.69) is 34.7 Å². The molecule has 1 atom stereocenters. The molecule has 27 heavy (non-hydrogen) atoms. The van der Waals surface area contributed by atoms with Crippen molar-refractivity contribution < 1.29 is 13.2 Å². The maximum atomic E-state index is 12.2. The summed E-state index contributed by atoms with van der Waals surface area (Å²) in [5.74, 6) is 1.92. The zero-order chi connectivity index (χ0) is 20.3. The second-order valence-corrected chi connectivity index (χ2v) is 8.38. The van der Waals surface area contributed by atoms with E-state index < -0.39 is 10.0 Å². The topological polar surface area (TPSA) is 83.0 Å². The first-order valence-electron chi connectivity index (χ1n) is 9.44. The molecular formula is C19H34N4O3S. The van der Waals surface area contributed by atoms with Crippen LogP contribution in [0.4, 0.5) is 0 Å². The van der Waals surface area contributed by atoms with Gasteiger partial charge in [0.1, 0.15) is 5.75 Å². The van der Waals surface area contributed by atoms with Crippen LogP contribution in [0.3, 0.4) is 0 Å². The molecule has 0 saturated heterocycles. The van der Waals surface area contributed by atoms with Crippen LogP contribution in [0.5, 0.6) is 5.75 Å². The van der Waals surface area contributed by atoms with Crippen LogP contribution in [0.15, 0.2) is 29.3 Å². The molecule has 1 rings (SSSR count). The molecule has 0 saturated carbocycles. The third kappa shape index (κ3) is 7.76. The molecule has 2 N–H and O–H groups in total. The van der Waals surface area contributed by atoms with E-state index in [0.29, 0.717) is 31.5 Å². The van der Waals surface area contributed by atoms with Crippen molar-refractivity contribution in [1.29, 1.82) is 0 Å². The Kier molecular flexibility index (Phi) is 10.2. The highest BCUT2D eigenvalue weighted by Crippen LogP contribution is 2.21. The van der Waals surface area contributed by atoms with Crippen molar-refractivity contribution in [1.82, 2.24) is 14.9 Å². The lowest BCUT2D eigenvalue weighted by atomic mass is 9.98. The molecule has 0 amide bonds. The fourth-order valence-corrected chi connectivity index (χ4v) is 4.18. The van der Waals surface area contributed by atoms with Crippen molar-refractivity contribution >= 4 is 16.0 Å². The van der Waals surface area contributed by atoms with Gasteiger partial charge >= 0.3 is 0 Å². The number of rotatable bonds is 11. The predicted molar refractivity (Wildman–Crippen MR) is 112 cm³/mol. The summed E-state index contributed by atoms with van der Waals surface area (Å²) < 4.78 is 31.0. The number of methoxy groups -OCH3 is 1. The highest BCUT2D eigenvalue weighted by Gasteiger charge is 2.18. The summed E-state index contributed by atoms with van der Waals surface area (Å²) in [5.41, 5.74) is 1.26. The average Bonchev–Trinajstić information content (AvgIpc) is 2.67. The number of sulfonamides is 1. The molecule has 0 aromatic heterocycles. The van der Waals surface area contributed by atoms with E-state index in [1.165, 1.54) is 9.87 Å². The van der Waals surface area contributed by atoms with Crippen LogP contribution in [0.25, 0.3) is 0 Å². The first-order valence-corrected chi connectivity index (χ1v) is 11.0. The Bertz CT molecular complexity index is 671. The third-order valence-corrected chi connectivity index (χ3v) is 6.55. The molecule has 0 bridgehead atoms. The zero-order valence-corrected chi connectivity index (χ0v) is 18.0. The molecule has 0 aliphatic heterocycles. The number of hydrogen-bond acceptors (Lipinski definition) is 4. The number of aliphatic imine (C=N–C) groups is 1. The van der Waals surface area contributed by atoms with E-state index in [0.717, 1.165) is 18.7 Å². The Morgan fingerprint density at radius 3 is 2.26 bits per heavy atom. The normalized spacial score (nSPS) is 13.5. The van der Waals surface area contributed by atoms with Crippen LogP contribution in [-0.2, 0) is 10.0 Å². The molecule has 1 aromatic carbocycles. The van der Waals surface area contributed by atoms with Gasteiger partial charge in [-0.15, -0.1) is 0 Å². The number of nitrogens with zero attached hydrogens (tertiary/aromatic N) is 2.